The number of carbonyl (C=O) groups is 2. The van der Waals surface area contributed by atoms with Gasteiger partial charge in [-0.05, 0) is 36.0 Å². The van der Waals surface area contributed by atoms with Crippen LogP contribution in [0, 0.1) is 5.92 Å². The maximum Gasteiger partial charge on any atom is 0.228 e. The monoisotopic (exact) mass is 365 g/mol. The molecule has 3 rings (SSSR count). The lowest BCUT2D eigenvalue weighted by Crippen LogP contribution is -2.45. The molecule has 1 amide bonds. The van der Waals surface area contributed by atoms with Crippen LogP contribution in [0.5, 0.6) is 0 Å². The smallest absolute Gasteiger partial charge is 0.228 e. The van der Waals surface area contributed by atoms with E-state index in [-0.39, 0.29) is 30.3 Å². The maximum absolute atomic E-state index is 13.1. The minimum Gasteiger partial charge on any atom is -0.368 e. The first-order valence-corrected chi connectivity index (χ1v) is 9.55. The van der Waals surface area contributed by atoms with Gasteiger partial charge in [-0.25, -0.2) is 0 Å². The lowest BCUT2D eigenvalue weighted by Gasteiger charge is -2.23. The van der Waals surface area contributed by atoms with Gasteiger partial charge in [-0.15, -0.1) is 0 Å². The fourth-order valence-corrected chi connectivity index (χ4v) is 3.54. The number of Topliss-reactive ketones (excluding diaryl/α,β-unsaturated/α-hetero) is 1. The first-order chi connectivity index (χ1) is 13.0. The number of hydrogen-bond donors (Lipinski definition) is 1. The minimum atomic E-state index is -0.551. The van der Waals surface area contributed by atoms with Crippen LogP contribution in [0.4, 0.5) is 0 Å². The Morgan fingerprint density at radius 2 is 1.81 bits per heavy atom. The second kappa shape index (κ2) is 8.49. The Balaban J connectivity index is 1.86. The highest BCUT2D eigenvalue weighted by Gasteiger charge is 2.35. The van der Waals surface area contributed by atoms with Crippen molar-refractivity contribution in [2.75, 3.05) is 6.61 Å². The largest absolute Gasteiger partial charge is 0.368 e. The molecule has 0 aliphatic carbocycles. The fraction of sp³-hybridized carbons (Fsp3) is 0.391. The molecule has 0 spiro atoms. The molecule has 1 aliphatic heterocycles. The average Bonchev–Trinajstić information content (AvgIpc) is 2.98. The van der Waals surface area contributed by atoms with E-state index >= 15 is 0 Å². The molecular formula is C23H27NO3. The van der Waals surface area contributed by atoms with Crippen molar-refractivity contribution < 1.29 is 14.3 Å². The molecule has 1 aliphatic rings. The SMILES string of the molecule is CC(C)CC(C(=O)N[C@@H]1C(=O)CO[C@@H]1C)c1cccc(-c2ccccc2)c1. The van der Waals surface area contributed by atoms with E-state index < -0.39 is 6.04 Å². The van der Waals surface area contributed by atoms with E-state index in [0.717, 1.165) is 23.1 Å². The number of ether oxygens (including phenoxy) is 1. The van der Waals surface area contributed by atoms with Crippen molar-refractivity contribution in [1.82, 2.24) is 5.32 Å². The van der Waals surface area contributed by atoms with E-state index in [1.54, 1.807) is 0 Å². The van der Waals surface area contributed by atoms with Gasteiger partial charge in [0.15, 0.2) is 5.78 Å². The molecule has 0 aromatic heterocycles. The molecule has 1 heterocycles. The quantitative estimate of drug-likeness (QED) is 0.843. The molecule has 1 N–H and O–H groups in total. The van der Waals surface area contributed by atoms with E-state index in [0.29, 0.717) is 5.92 Å². The topological polar surface area (TPSA) is 55.4 Å². The van der Waals surface area contributed by atoms with Crippen LogP contribution in [-0.4, -0.2) is 30.4 Å². The van der Waals surface area contributed by atoms with Crippen LogP contribution >= 0.6 is 0 Å². The number of nitrogens with one attached hydrogen (secondary N) is 1. The standard InChI is InChI=1S/C23H27NO3/c1-15(2)12-20(23(26)24-22-16(3)27-14-21(22)25)19-11-7-10-18(13-19)17-8-5-4-6-9-17/h4-11,13,15-16,20,22H,12,14H2,1-3H3,(H,24,26)/t16-,20?,22+/m1/s1. The summed E-state index contributed by atoms with van der Waals surface area (Å²) >= 11 is 0. The normalized spacial score (nSPS) is 20.7. The molecule has 0 bridgehead atoms. The van der Waals surface area contributed by atoms with Crippen molar-refractivity contribution in [2.24, 2.45) is 5.92 Å². The van der Waals surface area contributed by atoms with Crippen LogP contribution in [0.3, 0.4) is 0 Å². The molecular weight excluding hydrogens is 338 g/mol. The van der Waals surface area contributed by atoms with E-state index in [2.05, 4.69) is 43.4 Å². The Bertz CT molecular complexity index is 800. The molecule has 1 unspecified atom stereocenters. The predicted molar refractivity (Wildman–Crippen MR) is 106 cm³/mol. The van der Waals surface area contributed by atoms with Gasteiger partial charge in [-0.1, -0.05) is 68.4 Å². The molecule has 0 saturated carbocycles. The van der Waals surface area contributed by atoms with Crippen molar-refractivity contribution in [1.29, 1.82) is 0 Å². The third-order valence-corrected chi connectivity index (χ3v) is 5.02. The van der Waals surface area contributed by atoms with Crippen LogP contribution in [0.15, 0.2) is 54.6 Å². The van der Waals surface area contributed by atoms with Crippen molar-refractivity contribution in [3.05, 3.63) is 60.2 Å². The van der Waals surface area contributed by atoms with Gasteiger partial charge in [0.2, 0.25) is 5.91 Å². The van der Waals surface area contributed by atoms with E-state index in [1.165, 1.54) is 0 Å². The van der Waals surface area contributed by atoms with Gasteiger partial charge in [-0.3, -0.25) is 9.59 Å². The van der Waals surface area contributed by atoms with Gasteiger partial charge in [0.05, 0.1) is 12.0 Å². The van der Waals surface area contributed by atoms with Crippen LogP contribution in [0.1, 0.15) is 38.7 Å². The maximum atomic E-state index is 13.1. The Morgan fingerprint density at radius 3 is 2.44 bits per heavy atom. The first kappa shape index (κ1) is 19.3. The van der Waals surface area contributed by atoms with Gasteiger partial charge in [0, 0.05) is 0 Å². The van der Waals surface area contributed by atoms with Crippen LogP contribution in [0.2, 0.25) is 0 Å². The minimum absolute atomic E-state index is 0.0582. The third kappa shape index (κ3) is 4.64. The molecule has 4 heteroatoms. The van der Waals surface area contributed by atoms with Crippen molar-refractivity contribution in [2.45, 2.75) is 45.3 Å². The highest BCUT2D eigenvalue weighted by atomic mass is 16.5. The number of ketones is 1. The molecule has 3 atom stereocenters. The molecule has 1 saturated heterocycles. The summed E-state index contributed by atoms with van der Waals surface area (Å²) in [4.78, 5) is 25.1. The summed E-state index contributed by atoms with van der Waals surface area (Å²) < 4.78 is 5.36. The van der Waals surface area contributed by atoms with Crippen LogP contribution in [-0.2, 0) is 14.3 Å². The first-order valence-electron chi connectivity index (χ1n) is 9.55. The van der Waals surface area contributed by atoms with Gasteiger partial charge < -0.3 is 10.1 Å². The Hall–Kier alpha value is -2.46. The van der Waals surface area contributed by atoms with Gasteiger partial charge in [0.1, 0.15) is 12.6 Å². The lowest BCUT2D eigenvalue weighted by atomic mass is 9.87. The molecule has 2 aromatic carbocycles. The zero-order valence-corrected chi connectivity index (χ0v) is 16.1. The average molecular weight is 365 g/mol. The predicted octanol–water partition coefficient (Wildman–Crippen LogP) is 3.96. The summed E-state index contributed by atoms with van der Waals surface area (Å²) in [6.07, 6.45) is 0.442. The number of rotatable bonds is 6. The summed E-state index contributed by atoms with van der Waals surface area (Å²) in [5, 5.41) is 2.93. The van der Waals surface area contributed by atoms with Crippen molar-refractivity contribution in [3.63, 3.8) is 0 Å². The molecule has 27 heavy (non-hydrogen) atoms. The van der Waals surface area contributed by atoms with Gasteiger partial charge in [0.25, 0.3) is 0 Å². The molecule has 2 aromatic rings. The summed E-state index contributed by atoms with van der Waals surface area (Å²) in [6, 6.07) is 17.7. The summed E-state index contributed by atoms with van der Waals surface area (Å²) in [7, 11) is 0. The number of hydrogen-bond acceptors (Lipinski definition) is 3. The second-order valence-electron chi connectivity index (χ2n) is 7.64. The van der Waals surface area contributed by atoms with Crippen molar-refractivity contribution >= 4 is 11.7 Å². The summed E-state index contributed by atoms with van der Waals surface area (Å²) in [5.74, 6) is -0.106. The van der Waals surface area contributed by atoms with E-state index in [4.69, 9.17) is 4.74 Å². The highest BCUT2D eigenvalue weighted by molar-refractivity contribution is 5.93. The molecule has 4 nitrogen and oxygen atoms in total. The summed E-state index contributed by atoms with van der Waals surface area (Å²) in [6.45, 7) is 6.11. The summed E-state index contributed by atoms with van der Waals surface area (Å²) in [5.41, 5.74) is 3.18. The lowest BCUT2D eigenvalue weighted by molar-refractivity contribution is -0.127. The van der Waals surface area contributed by atoms with Crippen LogP contribution in [0.25, 0.3) is 11.1 Å². The molecule has 1 fully saturated rings. The van der Waals surface area contributed by atoms with Crippen molar-refractivity contribution in [3.8, 4) is 11.1 Å². The zero-order valence-electron chi connectivity index (χ0n) is 16.1. The van der Waals surface area contributed by atoms with E-state index in [1.807, 2.05) is 37.3 Å². The Morgan fingerprint density at radius 1 is 1.11 bits per heavy atom. The molecule has 0 radical (unpaired) electrons. The molecule has 142 valence electrons. The van der Waals surface area contributed by atoms with Gasteiger partial charge in [-0.2, -0.15) is 0 Å². The highest BCUT2D eigenvalue weighted by Crippen LogP contribution is 2.29. The van der Waals surface area contributed by atoms with Crippen LogP contribution < -0.4 is 5.32 Å². The number of carbonyl (C=O) groups excluding carboxylic acids is 2. The number of benzene rings is 2. The second-order valence-corrected chi connectivity index (χ2v) is 7.64. The zero-order chi connectivity index (χ0) is 19.4. The fourth-order valence-electron chi connectivity index (χ4n) is 3.54. The Labute approximate surface area is 160 Å². The number of amides is 1. The van der Waals surface area contributed by atoms with E-state index in [9.17, 15) is 9.59 Å². The Kier molecular flexibility index (Phi) is 6.07. The van der Waals surface area contributed by atoms with Gasteiger partial charge >= 0.3 is 0 Å². The third-order valence-electron chi connectivity index (χ3n) is 5.02.